The van der Waals surface area contributed by atoms with Crippen molar-refractivity contribution in [2.24, 2.45) is 0 Å². The van der Waals surface area contributed by atoms with Gasteiger partial charge in [-0.1, -0.05) is 12.1 Å². The standard InChI is InChI=1S/C16H16FNO2/c1-10-4-7-15(20-3)14(8-10)18-16(19)12-6-5-11(2)13(17)9-12/h4-9H,1-3H3,(H,18,19). The number of methoxy groups -OCH3 is 1. The average Bonchev–Trinajstić information content (AvgIpc) is 2.42. The van der Waals surface area contributed by atoms with Gasteiger partial charge in [-0.05, 0) is 49.2 Å². The molecule has 20 heavy (non-hydrogen) atoms. The quantitative estimate of drug-likeness (QED) is 0.926. The van der Waals surface area contributed by atoms with Crippen LogP contribution in [0.4, 0.5) is 10.1 Å². The fourth-order valence-electron chi connectivity index (χ4n) is 1.85. The van der Waals surface area contributed by atoms with Crippen LogP contribution in [0, 0.1) is 19.7 Å². The zero-order valence-corrected chi connectivity index (χ0v) is 11.7. The molecule has 2 rings (SSSR count). The highest BCUT2D eigenvalue weighted by Gasteiger charge is 2.11. The smallest absolute Gasteiger partial charge is 0.255 e. The van der Waals surface area contributed by atoms with E-state index in [2.05, 4.69) is 5.32 Å². The summed E-state index contributed by atoms with van der Waals surface area (Å²) < 4.78 is 18.7. The van der Waals surface area contributed by atoms with Crippen LogP contribution in [0.2, 0.25) is 0 Å². The van der Waals surface area contributed by atoms with E-state index in [-0.39, 0.29) is 11.5 Å². The van der Waals surface area contributed by atoms with Crippen LogP contribution in [-0.2, 0) is 0 Å². The van der Waals surface area contributed by atoms with Crippen molar-refractivity contribution in [1.82, 2.24) is 0 Å². The van der Waals surface area contributed by atoms with Crippen molar-refractivity contribution in [2.45, 2.75) is 13.8 Å². The van der Waals surface area contributed by atoms with Crippen molar-refractivity contribution in [3.05, 3.63) is 58.9 Å². The lowest BCUT2D eigenvalue weighted by Gasteiger charge is -2.11. The third-order valence-corrected chi connectivity index (χ3v) is 3.04. The van der Waals surface area contributed by atoms with Gasteiger partial charge >= 0.3 is 0 Å². The molecule has 1 amide bonds. The fraction of sp³-hybridized carbons (Fsp3) is 0.188. The highest BCUT2D eigenvalue weighted by Crippen LogP contribution is 2.25. The minimum Gasteiger partial charge on any atom is -0.495 e. The number of nitrogens with one attached hydrogen (secondary N) is 1. The van der Waals surface area contributed by atoms with E-state index in [4.69, 9.17) is 4.74 Å². The first-order chi connectivity index (χ1) is 9.51. The van der Waals surface area contributed by atoms with Crippen LogP contribution >= 0.6 is 0 Å². The zero-order valence-electron chi connectivity index (χ0n) is 11.7. The minimum absolute atomic E-state index is 0.275. The van der Waals surface area contributed by atoms with Crippen LogP contribution in [0.5, 0.6) is 5.75 Å². The predicted molar refractivity (Wildman–Crippen MR) is 76.8 cm³/mol. The second-order valence-corrected chi connectivity index (χ2v) is 4.62. The summed E-state index contributed by atoms with van der Waals surface area (Å²) in [4.78, 5) is 12.1. The first-order valence-electron chi connectivity index (χ1n) is 6.23. The van der Waals surface area contributed by atoms with Crippen molar-refractivity contribution in [3.8, 4) is 5.75 Å². The molecule has 0 saturated heterocycles. The molecular formula is C16H16FNO2. The van der Waals surface area contributed by atoms with Crippen molar-refractivity contribution in [3.63, 3.8) is 0 Å². The molecule has 0 atom stereocenters. The Balaban J connectivity index is 2.27. The molecule has 0 aliphatic heterocycles. The molecule has 0 fully saturated rings. The lowest BCUT2D eigenvalue weighted by Crippen LogP contribution is -2.13. The molecule has 104 valence electrons. The monoisotopic (exact) mass is 273 g/mol. The van der Waals surface area contributed by atoms with Gasteiger partial charge in [-0.15, -0.1) is 0 Å². The number of hydrogen-bond acceptors (Lipinski definition) is 2. The Morgan fingerprint density at radius 3 is 2.55 bits per heavy atom. The Labute approximate surface area is 117 Å². The van der Waals surface area contributed by atoms with Crippen molar-refractivity contribution in [1.29, 1.82) is 0 Å². The van der Waals surface area contributed by atoms with E-state index in [1.807, 2.05) is 13.0 Å². The van der Waals surface area contributed by atoms with Gasteiger partial charge in [0, 0.05) is 5.56 Å². The lowest BCUT2D eigenvalue weighted by molar-refractivity contribution is 0.102. The van der Waals surface area contributed by atoms with Gasteiger partial charge in [0.05, 0.1) is 12.8 Å². The maximum absolute atomic E-state index is 13.5. The van der Waals surface area contributed by atoms with Gasteiger partial charge in [-0.25, -0.2) is 4.39 Å². The first-order valence-corrected chi connectivity index (χ1v) is 6.23. The Morgan fingerprint density at radius 1 is 1.15 bits per heavy atom. The first kappa shape index (κ1) is 14.1. The number of carbonyl (C=O) groups is 1. The van der Waals surface area contributed by atoms with E-state index in [0.29, 0.717) is 17.0 Å². The van der Waals surface area contributed by atoms with Crippen LogP contribution in [0.1, 0.15) is 21.5 Å². The third-order valence-electron chi connectivity index (χ3n) is 3.04. The predicted octanol–water partition coefficient (Wildman–Crippen LogP) is 3.70. The van der Waals surface area contributed by atoms with Gasteiger partial charge < -0.3 is 10.1 Å². The Hall–Kier alpha value is -2.36. The normalized spacial score (nSPS) is 10.2. The number of amides is 1. The molecule has 0 aromatic heterocycles. The van der Waals surface area contributed by atoms with Gasteiger partial charge in [0.1, 0.15) is 11.6 Å². The number of aryl methyl sites for hydroxylation is 2. The summed E-state index contributed by atoms with van der Waals surface area (Å²) in [6.45, 7) is 3.57. The molecule has 2 aromatic rings. The molecule has 1 N–H and O–H groups in total. The molecule has 0 saturated carbocycles. The topological polar surface area (TPSA) is 38.3 Å². The third kappa shape index (κ3) is 2.96. The minimum atomic E-state index is -0.395. The number of carbonyl (C=O) groups excluding carboxylic acids is 1. The van der Waals surface area contributed by atoms with E-state index >= 15 is 0 Å². The number of ether oxygens (including phenoxy) is 1. The Morgan fingerprint density at radius 2 is 1.90 bits per heavy atom. The molecule has 2 aromatic carbocycles. The molecule has 4 heteroatoms. The number of benzene rings is 2. The largest absolute Gasteiger partial charge is 0.495 e. The Bertz CT molecular complexity index is 653. The Kier molecular flexibility index (Phi) is 4.03. The second-order valence-electron chi connectivity index (χ2n) is 4.62. The number of rotatable bonds is 3. The van der Waals surface area contributed by atoms with Crippen molar-refractivity contribution >= 4 is 11.6 Å². The maximum atomic E-state index is 13.5. The van der Waals surface area contributed by atoms with Gasteiger partial charge in [-0.3, -0.25) is 4.79 Å². The van der Waals surface area contributed by atoms with Crippen molar-refractivity contribution < 1.29 is 13.9 Å². The van der Waals surface area contributed by atoms with Crippen LogP contribution < -0.4 is 10.1 Å². The molecule has 3 nitrogen and oxygen atoms in total. The molecule has 0 bridgehead atoms. The molecule has 0 aliphatic rings. The SMILES string of the molecule is COc1ccc(C)cc1NC(=O)c1ccc(C)c(F)c1. The average molecular weight is 273 g/mol. The van der Waals surface area contributed by atoms with Crippen LogP contribution in [0.3, 0.4) is 0 Å². The summed E-state index contributed by atoms with van der Waals surface area (Å²) in [5.41, 5.74) is 2.35. The van der Waals surface area contributed by atoms with E-state index in [1.165, 1.54) is 13.2 Å². The van der Waals surface area contributed by atoms with Gasteiger partial charge in [0.25, 0.3) is 5.91 Å². The summed E-state index contributed by atoms with van der Waals surface area (Å²) in [5, 5.41) is 2.73. The molecule has 0 aliphatic carbocycles. The highest BCUT2D eigenvalue weighted by atomic mass is 19.1. The van der Waals surface area contributed by atoms with Crippen LogP contribution in [0.15, 0.2) is 36.4 Å². The summed E-state index contributed by atoms with van der Waals surface area (Å²) in [6.07, 6.45) is 0. The molecular weight excluding hydrogens is 257 g/mol. The lowest BCUT2D eigenvalue weighted by atomic mass is 10.1. The highest BCUT2D eigenvalue weighted by molar-refractivity contribution is 6.05. The van der Waals surface area contributed by atoms with E-state index in [0.717, 1.165) is 5.56 Å². The van der Waals surface area contributed by atoms with E-state index < -0.39 is 5.82 Å². The van der Waals surface area contributed by atoms with E-state index in [1.54, 1.807) is 31.2 Å². The summed E-state index contributed by atoms with van der Waals surface area (Å²) in [6, 6.07) is 9.88. The summed E-state index contributed by atoms with van der Waals surface area (Å²) in [7, 11) is 1.53. The summed E-state index contributed by atoms with van der Waals surface area (Å²) in [5.74, 6) is -0.196. The van der Waals surface area contributed by atoms with Crippen LogP contribution in [-0.4, -0.2) is 13.0 Å². The molecule has 0 unspecified atom stereocenters. The molecule has 0 heterocycles. The molecule has 0 radical (unpaired) electrons. The van der Waals surface area contributed by atoms with Gasteiger partial charge in [0.15, 0.2) is 0 Å². The van der Waals surface area contributed by atoms with Gasteiger partial charge in [0.2, 0.25) is 0 Å². The second kappa shape index (κ2) is 5.74. The van der Waals surface area contributed by atoms with Gasteiger partial charge in [-0.2, -0.15) is 0 Å². The van der Waals surface area contributed by atoms with Crippen LogP contribution in [0.25, 0.3) is 0 Å². The number of halogens is 1. The van der Waals surface area contributed by atoms with E-state index in [9.17, 15) is 9.18 Å². The molecule has 0 spiro atoms. The fourth-order valence-corrected chi connectivity index (χ4v) is 1.85. The number of hydrogen-bond donors (Lipinski definition) is 1. The maximum Gasteiger partial charge on any atom is 0.255 e. The summed E-state index contributed by atoms with van der Waals surface area (Å²) >= 11 is 0. The number of anilines is 1. The van der Waals surface area contributed by atoms with Crippen molar-refractivity contribution in [2.75, 3.05) is 12.4 Å². The zero-order chi connectivity index (χ0) is 14.7.